The van der Waals surface area contributed by atoms with E-state index >= 15 is 0 Å². The maximum Gasteiger partial charge on any atom is 0.253 e. The van der Waals surface area contributed by atoms with E-state index in [-0.39, 0.29) is 36.8 Å². The number of likely N-dealkylation sites (tertiary alicyclic amines) is 1. The fraction of sp³-hybridized carbons (Fsp3) is 0.457. The third-order valence-corrected chi connectivity index (χ3v) is 9.76. The number of aliphatic hydroxyl groups excluding tert-OH is 1. The van der Waals surface area contributed by atoms with Gasteiger partial charge < -0.3 is 29.3 Å². The van der Waals surface area contributed by atoms with Gasteiger partial charge in [0, 0.05) is 18.8 Å². The molecular weight excluding hydrogens is 594 g/mol. The quantitative estimate of drug-likeness (QED) is 0.426. The SMILES string of the molecule is CCOc1ccc(N2CC=C[C@@]3(C)O[C@]45C=CCN(c6ccccc6Cl)C(=O)C4N([C@@H](CO)CC(C)C)C(=O)[C@@H]5[C@H]3C2=O)cc1. The summed E-state index contributed by atoms with van der Waals surface area (Å²) in [6, 6.07) is 12.6. The number of para-hydroxylation sites is 1. The van der Waals surface area contributed by atoms with Gasteiger partial charge in [-0.2, -0.15) is 0 Å². The molecule has 3 amide bonds. The predicted octanol–water partition coefficient (Wildman–Crippen LogP) is 4.62. The third-order valence-electron chi connectivity index (χ3n) is 9.45. The minimum Gasteiger partial charge on any atom is -0.494 e. The number of carbonyl (C=O) groups is 3. The summed E-state index contributed by atoms with van der Waals surface area (Å²) in [6.07, 6.45) is 7.85. The van der Waals surface area contributed by atoms with Crippen LogP contribution in [0.2, 0.25) is 5.02 Å². The summed E-state index contributed by atoms with van der Waals surface area (Å²) in [4.78, 5) is 48.9. The molecule has 2 fully saturated rings. The van der Waals surface area contributed by atoms with Crippen molar-refractivity contribution >= 4 is 40.7 Å². The van der Waals surface area contributed by atoms with Crippen molar-refractivity contribution in [1.82, 2.24) is 4.90 Å². The van der Waals surface area contributed by atoms with E-state index in [9.17, 15) is 19.5 Å². The molecule has 10 heteroatoms. The number of rotatable bonds is 8. The first-order chi connectivity index (χ1) is 21.6. The van der Waals surface area contributed by atoms with Crippen LogP contribution in [-0.4, -0.2) is 77.3 Å². The van der Waals surface area contributed by atoms with Crippen LogP contribution in [-0.2, 0) is 19.1 Å². The third kappa shape index (κ3) is 5.05. The molecule has 45 heavy (non-hydrogen) atoms. The second-order valence-corrected chi connectivity index (χ2v) is 13.2. The van der Waals surface area contributed by atoms with E-state index in [2.05, 4.69) is 0 Å². The summed E-state index contributed by atoms with van der Waals surface area (Å²) in [7, 11) is 0. The van der Waals surface area contributed by atoms with Crippen molar-refractivity contribution in [3.05, 3.63) is 77.9 Å². The number of amides is 3. The van der Waals surface area contributed by atoms with Gasteiger partial charge in [0.05, 0.1) is 47.4 Å². The number of halogens is 1. The van der Waals surface area contributed by atoms with Crippen molar-refractivity contribution in [3.63, 3.8) is 0 Å². The van der Waals surface area contributed by atoms with E-state index in [1.54, 1.807) is 40.1 Å². The summed E-state index contributed by atoms with van der Waals surface area (Å²) in [6.45, 7) is 8.44. The first kappa shape index (κ1) is 31.3. The monoisotopic (exact) mass is 633 g/mol. The fourth-order valence-corrected chi connectivity index (χ4v) is 7.92. The van der Waals surface area contributed by atoms with Crippen molar-refractivity contribution in [1.29, 1.82) is 0 Å². The molecule has 6 atom stereocenters. The molecule has 0 aromatic heterocycles. The van der Waals surface area contributed by atoms with E-state index in [0.717, 1.165) is 0 Å². The Morgan fingerprint density at radius 3 is 2.31 bits per heavy atom. The zero-order valence-electron chi connectivity index (χ0n) is 26.1. The van der Waals surface area contributed by atoms with Crippen molar-refractivity contribution in [3.8, 4) is 5.75 Å². The van der Waals surface area contributed by atoms with E-state index in [1.165, 1.54) is 4.90 Å². The molecular formula is C35H40ClN3O6. The molecule has 9 nitrogen and oxygen atoms in total. The van der Waals surface area contributed by atoms with Crippen LogP contribution >= 0.6 is 11.6 Å². The Kier molecular flexibility index (Phi) is 8.31. The Balaban J connectivity index is 1.47. The average molecular weight is 634 g/mol. The largest absolute Gasteiger partial charge is 0.494 e. The van der Waals surface area contributed by atoms with E-state index in [4.69, 9.17) is 21.1 Å². The molecule has 1 N–H and O–H groups in total. The summed E-state index contributed by atoms with van der Waals surface area (Å²) < 4.78 is 12.5. The standard InChI is InChI=1S/C35H40ClN3O6/c1-5-44-25-14-12-23(13-15-25)37-18-8-16-34(4)28(31(37)41)29-32(42)39(24(21-40)20-22(2)3)30-33(43)38(19-9-17-35(29,30)45-34)27-11-7-6-10-26(27)36/h6-17,22,24,28-30,40H,5,18-21H2,1-4H3/t24-,28+,29+,30?,34-,35+/m1/s1. The van der Waals surface area contributed by atoms with Gasteiger partial charge in [0.25, 0.3) is 5.91 Å². The molecule has 6 rings (SSSR count). The second-order valence-electron chi connectivity index (χ2n) is 12.8. The van der Waals surface area contributed by atoms with Crippen LogP contribution in [0.1, 0.15) is 34.1 Å². The number of fused-ring (bicyclic) bond motifs is 2. The lowest BCUT2D eigenvalue weighted by Gasteiger charge is -2.40. The van der Waals surface area contributed by atoms with Crippen LogP contribution in [0.15, 0.2) is 72.8 Å². The number of ether oxygens (including phenoxy) is 2. The topological polar surface area (TPSA) is 99.6 Å². The molecule has 2 aromatic rings. The lowest BCUT2D eigenvalue weighted by Crippen LogP contribution is -2.59. The number of nitrogens with zero attached hydrogens (tertiary/aromatic N) is 3. The summed E-state index contributed by atoms with van der Waals surface area (Å²) in [5.41, 5.74) is -1.43. The molecule has 238 valence electrons. The molecule has 0 saturated carbocycles. The van der Waals surface area contributed by atoms with Crippen molar-refractivity contribution in [2.24, 2.45) is 17.8 Å². The van der Waals surface area contributed by atoms with Crippen LogP contribution in [0.4, 0.5) is 11.4 Å². The lowest BCUT2D eigenvalue weighted by atomic mass is 9.74. The van der Waals surface area contributed by atoms with Gasteiger partial charge in [0.2, 0.25) is 11.8 Å². The van der Waals surface area contributed by atoms with Crippen LogP contribution in [0, 0.1) is 17.8 Å². The maximum absolute atomic E-state index is 14.8. The van der Waals surface area contributed by atoms with Gasteiger partial charge >= 0.3 is 0 Å². The first-order valence-electron chi connectivity index (χ1n) is 15.6. The molecule has 0 radical (unpaired) electrons. The normalized spacial score (nSPS) is 29.9. The Bertz CT molecular complexity index is 1540. The van der Waals surface area contributed by atoms with E-state index in [1.807, 2.05) is 70.2 Å². The highest BCUT2D eigenvalue weighted by Gasteiger charge is 2.75. The zero-order valence-corrected chi connectivity index (χ0v) is 26.8. The van der Waals surface area contributed by atoms with Crippen LogP contribution in [0.3, 0.4) is 0 Å². The first-order valence-corrected chi connectivity index (χ1v) is 16.0. The Hall–Kier alpha value is -3.66. The number of carbonyl (C=O) groups excluding carboxylic acids is 3. The summed E-state index contributed by atoms with van der Waals surface area (Å²) in [5, 5.41) is 11.0. The van der Waals surface area contributed by atoms with Crippen molar-refractivity contribution < 1.29 is 29.0 Å². The number of hydrogen-bond donors (Lipinski definition) is 1. The molecule has 1 unspecified atom stereocenters. The molecule has 2 saturated heterocycles. The molecule has 2 aromatic carbocycles. The number of anilines is 2. The zero-order chi connectivity index (χ0) is 32.1. The average Bonchev–Trinajstić information content (AvgIpc) is 3.28. The smallest absolute Gasteiger partial charge is 0.253 e. The summed E-state index contributed by atoms with van der Waals surface area (Å²) >= 11 is 6.58. The van der Waals surface area contributed by atoms with Gasteiger partial charge in [-0.3, -0.25) is 14.4 Å². The van der Waals surface area contributed by atoms with Crippen molar-refractivity contribution in [2.45, 2.75) is 57.4 Å². The van der Waals surface area contributed by atoms with Gasteiger partial charge in [-0.05, 0) is 62.6 Å². The molecule has 0 bridgehead atoms. The highest BCUT2D eigenvalue weighted by Crippen LogP contribution is 2.58. The minimum atomic E-state index is -1.45. The molecule has 4 aliphatic heterocycles. The van der Waals surface area contributed by atoms with Gasteiger partial charge in [0.1, 0.15) is 17.4 Å². The maximum atomic E-state index is 14.8. The van der Waals surface area contributed by atoms with Crippen molar-refractivity contribution in [2.75, 3.05) is 36.1 Å². The lowest BCUT2D eigenvalue weighted by molar-refractivity contribution is -0.148. The van der Waals surface area contributed by atoms with Gasteiger partial charge in [-0.1, -0.05) is 61.9 Å². The molecule has 4 aliphatic rings. The van der Waals surface area contributed by atoms with E-state index in [0.29, 0.717) is 41.7 Å². The fourth-order valence-electron chi connectivity index (χ4n) is 7.68. The Morgan fingerprint density at radius 1 is 0.956 bits per heavy atom. The minimum absolute atomic E-state index is 0.131. The Labute approximate surface area is 269 Å². The molecule has 4 heterocycles. The van der Waals surface area contributed by atoms with Crippen LogP contribution in [0.25, 0.3) is 0 Å². The second kappa shape index (κ2) is 11.9. The number of hydrogen-bond acceptors (Lipinski definition) is 6. The van der Waals surface area contributed by atoms with Crippen LogP contribution in [0.5, 0.6) is 5.75 Å². The van der Waals surface area contributed by atoms with Crippen LogP contribution < -0.4 is 14.5 Å². The number of aliphatic hydroxyl groups is 1. The van der Waals surface area contributed by atoms with E-state index < -0.39 is 35.1 Å². The molecule has 1 spiro atoms. The summed E-state index contributed by atoms with van der Waals surface area (Å²) in [5.74, 6) is -2.10. The Morgan fingerprint density at radius 2 is 1.64 bits per heavy atom. The van der Waals surface area contributed by atoms with Gasteiger partial charge in [-0.15, -0.1) is 0 Å². The predicted molar refractivity (Wildman–Crippen MR) is 172 cm³/mol. The molecule has 0 aliphatic carbocycles. The van der Waals surface area contributed by atoms with Gasteiger partial charge in [0.15, 0.2) is 0 Å². The van der Waals surface area contributed by atoms with Gasteiger partial charge in [-0.25, -0.2) is 0 Å². The highest BCUT2D eigenvalue weighted by molar-refractivity contribution is 6.34. The number of benzene rings is 2. The highest BCUT2D eigenvalue weighted by atomic mass is 35.5.